The molecule has 0 bridgehead atoms. The lowest BCUT2D eigenvalue weighted by Gasteiger charge is -2.09. The number of nitrogens with one attached hydrogen (secondary N) is 2. The van der Waals surface area contributed by atoms with Gasteiger partial charge in [0.25, 0.3) is 11.7 Å². The molecule has 0 spiro atoms. The molecule has 0 fully saturated rings. The molecule has 0 aliphatic carbocycles. The standard InChI is InChI=1S/C27H25N5O4S/c1-18-7-11-20(12-8-18)26-30-31-27(32(26)22-13-9-19(2)10-14-22)37-17-24(33)29-28-15-21-5-3-4-6-23(21)36-16-25(34)35/h3-15H,16-17H2,1-2H3,(H2,29,33,34,35). The number of para-hydroxylation sites is 1. The van der Waals surface area contributed by atoms with Crippen molar-refractivity contribution in [3.63, 3.8) is 0 Å². The normalized spacial score (nSPS) is 11.0. The number of aromatic amines is 1. The zero-order valence-corrected chi connectivity index (χ0v) is 21.1. The van der Waals surface area contributed by atoms with Crippen LogP contribution in [0.25, 0.3) is 17.1 Å². The summed E-state index contributed by atoms with van der Waals surface area (Å²) >= 11 is 1.27. The van der Waals surface area contributed by atoms with Gasteiger partial charge in [-0.05, 0) is 62.0 Å². The first-order valence-corrected chi connectivity index (χ1v) is 12.4. The summed E-state index contributed by atoms with van der Waals surface area (Å²) in [5, 5.41) is 22.8. The van der Waals surface area contributed by atoms with Gasteiger partial charge in [-0.1, -0.05) is 47.5 Å². The van der Waals surface area contributed by atoms with Gasteiger partial charge in [0.15, 0.2) is 0 Å². The molecular formula is C27H25N5O4S. The van der Waals surface area contributed by atoms with E-state index in [1.165, 1.54) is 18.0 Å². The van der Waals surface area contributed by atoms with Crippen molar-refractivity contribution in [3.05, 3.63) is 89.5 Å². The summed E-state index contributed by atoms with van der Waals surface area (Å²) < 4.78 is 7.17. The molecular weight excluding hydrogens is 490 g/mol. The largest absolute Gasteiger partial charge is 0.546 e. The Bertz CT molecular complexity index is 1420. The van der Waals surface area contributed by atoms with E-state index in [1.807, 2.05) is 66.9 Å². The maximum absolute atomic E-state index is 12.5. The summed E-state index contributed by atoms with van der Waals surface area (Å²) in [6, 6.07) is 22.9. The quantitative estimate of drug-likeness (QED) is 0.145. The molecule has 37 heavy (non-hydrogen) atoms. The van der Waals surface area contributed by atoms with Crippen LogP contribution in [0.3, 0.4) is 0 Å². The zero-order valence-electron chi connectivity index (χ0n) is 20.3. The van der Waals surface area contributed by atoms with Gasteiger partial charge in [-0.3, -0.25) is 4.79 Å². The average Bonchev–Trinajstić information content (AvgIpc) is 3.31. The van der Waals surface area contributed by atoms with E-state index < -0.39 is 12.6 Å². The number of H-pyrrole nitrogens is 1. The second-order valence-corrected chi connectivity index (χ2v) is 9.11. The number of amides is 1. The van der Waals surface area contributed by atoms with Crippen LogP contribution in [0.1, 0.15) is 16.7 Å². The number of hydrogen-bond acceptors (Lipinski definition) is 7. The Balaban J connectivity index is 1.47. The summed E-state index contributed by atoms with van der Waals surface area (Å²) in [5.41, 5.74) is 7.19. The van der Waals surface area contributed by atoms with Crippen molar-refractivity contribution in [2.45, 2.75) is 19.0 Å². The Morgan fingerprint density at radius 1 is 1.05 bits per heavy atom. The summed E-state index contributed by atoms with van der Waals surface area (Å²) in [6.45, 7) is 3.48. The fourth-order valence-electron chi connectivity index (χ4n) is 3.42. The predicted octanol–water partition coefficient (Wildman–Crippen LogP) is 2.34. The SMILES string of the molecule is Cc1ccc(-c2[nH]nc(SCC(=O)NN=Cc3ccccc3OCC(=O)[O-])[n+]2-c2ccc(C)cc2)cc1. The Morgan fingerprint density at radius 3 is 2.43 bits per heavy atom. The molecule has 0 saturated heterocycles. The van der Waals surface area contributed by atoms with Gasteiger partial charge in [0.1, 0.15) is 18.0 Å². The number of rotatable bonds is 10. The number of thioether (sulfide) groups is 1. The lowest BCUT2D eigenvalue weighted by Crippen LogP contribution is -2.34. The number of carbonyl (C=O) groups is 2. The molecule has 0 radical (unpaired) electrons. The van der Waals surface area contributed by atoms with Gasteiger partial charge in [-0.15, -0.1) is 5.10 Å². The number of aliphatic carboxylic acids is 1. The Labute approximate surface area is 218 Å². The average molecular weight is 516 g/mol. The molecule has 1 amide bonds. The Hall–Kier alpha value is -4.44. The maximum atomic E-state index is 12.5. The van der Waals surface area contributed by atoms with Gasteiger partial charge in [0.05, 0.1) is 28.6 Å². The molecule has 10 heteroatoms. The number of carboxylic acid groups (broad SMARTS) is 1. The molecule has 4 rings (SSSR count). The minimum Gasteiger partial charge on any atom is -0.546 e. The highest BCUT2D eigenvalue weighted by Gasteiger charge is 2.24. The third kappa shape index (κ3) is 6.83. The summed E-state index contributed by atoms with van der Waals surface area (Å²) in [5.74, 6) is -0.463. The highest BCUT2D eigenvalue weighted by molar-refractivity contribution is 7.99. The van der Waals surface area contributed by atoms with Crippen molar-refractivity contribution in [2.24, 2.45) is 5.10 Å². The number of carboxylic acids is 1. The van der Waals surface area contributed by atoms with Gasteiger partial charge in [0, 0.05) is 5.56 Å². The Kier molecular flexibility index (Phi) is 8.32. The molecule has 0 unspecified atom stereocenters. The topological polar surface area (TPSA) is 123 Å². The fraction of sp³-hybridized carbons (Fsp3) is 0.148. The van der Waals surface area contributed by atoms with Gasteiger partial charge in [0.2, 0.25) is 0 Å². The summed E-state index contributed by atoms with van der Waals surface area (Å²) in [6.07, 6.45) is 1.39. The smallest absolute Gasteiger partial charge is 0.342 e. The van der Waals surface area contributed by atoms with Crippen molar-refractivity contribution in [3.8, 4) is 22.8 Å². The van der Waals surface area contributed by atoms with Crippen LogP contribution in [0.5, 0.6) is 5.75 Å². The van der Waals surface area contributed by atoms with Crippen LogP contribution in [0.2, 0.25) is 0 Å². The van der Waals surface area contributed by atoms with E-state index in [0.717, 1.165) is 28.2 Å². The van der Waals surface area contributed by atoms with Crippen molar-refractivity contribution >= 4 is 29.9 Å². The number of carbonyl (C=O) groups excluding carboxylic acids is 2. The first kappa shape index (κ1) is 25.6. The fourth-order valence-corrected chi connectivity index (χ4v) is 4.18. The van der Waals surface area contributed by atoms with Gasteiger partial charge >= 0.3 is 5.16 Å². The molecule has 0 atom stereocenters. The molecule has 0 aliphatic heterocycles. The third-order valence-corrected chi connectivity index (χ3v) is 6.22. The maximum Gasteiger partial charge on any atom is 0.342 e. The van der Waals surface area contributed by atoms with Gasteiger partial charge in [-0.2, -0.15) is 9.67 Å². The number of aromatic nitrogens is 3. The van der Waals surface area contributed by atoms with Crippen LogP contribution in [0.4, 0.5) is 0 Å². The number of benzene rings is 3. The first-order chi connectivity index (χ1) is 17.9. The van der Waals surface area contributed by atoms with Gasteiger partial charge < -0.3 is 14.6 Å². The summed E-state index contributed by atoms with van der Waals surface area (Å²) in [4.78, 5) is 23.2. The van der Waals surface area contributed by atoms with Crippen LogP contribution >= 0.6 is 11.8 Å². The second kappa shape index (κ2) is 12.0. The molecule has 0 saturated carbocycles. The van der Waals surface area contributed by atoms with E-state index in [4.69, 9.17) is 4.74 Å². The van der Waals surface area contributed by atoms with E-state index in [2.05, 4.69) is 20.7 Å². The Morgan fingerprint density at radius 2 is 1.73 bits per heavy atom. The van der Waals surface area contributed by atoms with Crippen LogP contribution in [0.15, 0.2) is 83.1 Å². The lowest BCUT2D eigenvalue weighted by atomic mass is 10.1. The second-order valence-electron chi connectivity index (χ2n) is 8.17. The van der Waals surface area contributed by atoms with Crippen LogP contribution in [-0.4, -0.2) is 40.6 Å². The predicted molar refractivity (Wildman–Crippen MR) is 138 cm³/mol. The van der Waals surface area contributed by atoms with Crippen molar-refractivity contribution < 1.29 is 24.0 Å². The molecule has 188 valence electrons. The molecule has 1 heterocycles. The molecule has 3 aromatic carbocycles. The van der Waals surface area contributed by atoms with E-state index >= 15 is 0 Å². The minimum atomic E-state index is -1.33. The number of hydrazone groups is 1. The van der Waals surface area contributed by atoms with Crippen LogP contribution in [-0.2, 0) is 9.59 Å². The highest BCUT2D eigenvalue weighted by Crippen LogP contribution is 2.21. The van der Waals surface area contributed by atoms with Crippen molar-refractivity contribution in [1.82, 2.24) is 15.6 Å². The monoisotopic (exact) mass is 515 g/mol. The highest BCUT2D eigenvalue weighted by atomic mass is 32.2. The summed E-state index contributed by atoms with van der Waals surface area (Å²) in [7, 11) is 0. The number of ether oxygens (including phenoxy) is 1. The van der Waals surface area contributed by atoms with E-state index in [1.54, 1.807) is 24.3 Å². The molecule has 0 aliphatic rings. The first-order valence-electron chi connectivity index (χ1n) is 11.4. The zero-order chi connectivity index (χ0) is 26.2. The van der Waals surface area contributed by atoms with E-state index in [9.17, 15) is 14.7 Å². The van der Waals surface area contributed by atoms with E-state index in [-0.39, 0.29) is 11.7 Å². The number of aryl methyl sites for hydroxylation is 2. The van der Waals surface area contributed by atoms with Crippen LogP contribution in [0, 0.1) is 13.8 Å². The van der Waals surface area contributed by atoms with Crippen molar-refractivity contribution in [2.75, 3.05) is 12.4 Å². The lowest BCUT2D eigenvalue weighted by molar-refractivity contribution is -0.625. The molecule has 4 aromatic rings. The molecule has 1 aromatic heterocycles. The third-order valence-electron chi connectivity index (χ3n) is 5.28. The van der Waals surface area contributed by atoms with Crippen molar-refractivity contribution in [1.29, 1.82) is 0 Å². The molecule has 2 N–H and O–H groups in total. The minimum absolute atomic E-state index is 0.0736. The van der Waals surface area contributed by atoms with Gasteiger partial charge in [-0.25, -0.2) is 5.43 Å². The number of nitrogens with zero attached hydrogens (tertiary/aromatic N) is 3. The van der Waals surface area contributed by atoms with E-state index in [0.29, 0.717) is 16.5 Å². The van der Waals surface area contributed by atoms with Crippen LogP contribution < -0.4 is 19.8 Å². The molecule has 9 nitrogen and oxygen atoms in total. The number of hydrogen-bond donors (Lipinski definition) is 2.